The molecule has 1 aromatic rings. The number of hydrogen-bond acceptors (Lipinski definition) is 4. The number of amides is 1. The first-order valence-electron chi connectivity index (χ1n) is 5.36. The molecule has 2 N–H and O–H groups in total. The van der Waals surface area contributed by atoms with Crippen LogP contribution >= 0.6 is 0 Å². The Morgan fingerprint density at radius 2 is 2.38 bits per heavy atom. The third kappa shape index (κ3) is 2.08. The van der Waals surface area contributed by atoms with Crippen LogP contribution in [0, 0.1) is 0 Å². The van der Waals surface area contributed by atoms with Gasteiger partial charge < -0.3 is 15.5 Å². The van der Waals surface area contributed by atoms with Crippen LogP contribution < -0.4 is 10.6 Å². The molecule has 2 rings (SSSR count). The van der Waals surface area contributed by atoms with Gasteiger partial charge in [0.2, 0.25) is 5.91 Å². The lowest BCUT2D eigenvalue weighted by Gasteiger charge is -2.13. The predicted molar refractivity (Wildman–Crippen MR) is 63.4 cm³/mol. The number of likely N-dealkylation sites (N-methyl/N-ethyl adjacent to an activating group) is 1. The molecular weight excluding hydrogens is 204 g/mol. The second-order valence-electron chi connectivity index (χ2n) is 3.93. The maximum Gasteiger partial charge on any atom is 0.244 e. The van der Waals surface area contributed by atoms with E-state index in [9.17, 15) is 4.79 Å². The number of carbonyl (C=O) groups excluding carboxylic acids is 1. The Bertz CT molecular complexity index is 393. The Morgan fingerprint density at radius 3 is 3.00 bits per heavy atom. The molecule has 1 unspecified atom stereocenters. The molecule has 1 aliphatic rings. The maximum atomic E-state index is 11.7. The van der Waals surface area contributed by atoms with Crippen LogP contribution in [-0.2, 0) is 4.79 Å². The zero-order valence-electron chi connectivity index (χ0n) is 9.53. The number of rotatable bonds is 3. The summed E-state index contributed by atoms with van der Waals surface area (Å²) in [5.41, 5.74) is 0.924. The largest absolute Gasteiger partial charge is 0.373 e. The monoisotopic (exact) mass is 220 g/mol. The number of nitrogens with zero attached hydrogens (tertiary/aromatic N) is 2. The molecule has 1 aromatic heterocycles. The number of nitrogens with one attached hydrogen (secondary N) is 2. The molecule has 0 radical (unpaired) electrons. The molecule has 5 nitrogen and oxygen atoms in total. The molecule has 1 fully saturated rings. The first-order valence-corrected chi connectivity index (χ1v) is 5.36. The smallest absolute Gasteiger partial charge is 0.244 e. The lowest BCUT2D eigenvalue weighted by molar-refractivity contribution is -0.127. The molecule has 0 spiro atoms. The van der Waals surface area contributed by atoms with Crippen molar-refractivity contribution in [2.45, 2.75) is 12.5 Å². The van der Waals surface area contributed by atoms with Crippen molar-refractivity contribution in [2.75, 3.05) is 31.3 Å². The van der Waals surface area contributed by atoms with E-state index in [1.807, 2.05) is 26.2 Å². The molecule has 0 bridgehead atoms. The van der Waals surface area contributed by atoms with Crippen molar-refractivity contribution in [2.24, 2.45) is 0 Å². The average molecular weight is 220 g/mol. The van der Waals surface area contributed by atoms with Crippen LogP contribution in [-0.4, -0.2) is 42.5 Å². The maximum absolute atomic E-state index is 11.7. The SMILES string of the molecule is CNc1cc(NC2CCN(C)C2=O)ccn1. The lowest BCUT2D eigenvalue weighted by atomic mass is 10.2. The van der Waals surface area contributed by atoms with Gasteiger partial charge >= 0.3 is 0 Å². The van der Waals surface area contributed by atoms with Gasteiger partial charge in [0.05, 0.1) is 0 Å². The highest BCUT2D eigenvalue weighted by molar-refractivity contribution is 5.86. The summed E-state index contributed by atoms with van der Waals surface area (Å²) in [5, 5.41) is 6.19. The van der Waals surface area contributed by atoms with E-state index in [0.717, 1.165) is 24.5 Å². The minimum absolute atomic E-state index is 0.0999. The van der Waals surface area contributed by atoms with Crippen LogP contribution in [0.25, 0.3) is 0 Å². The van der Waals surface area contributed by atoms with E-state index in [1.54, 1.807) is 11.1 Å². The van der Waals surface area contributed by atoms with Crippen molar-refractivity contribution in [3.05, 3.63) is 18.3 Å². The number of likely N-dealkylation sites (tertiary alicyclic amines) is 1. The average Bonchev–Trinajstić information content (AvgIpc) is 2.61. The van der Waals surface area contributed by atoms with E-state index in [2.05, 4.69) is 15.6 Å². The molecule has 86 valence electrons. The van der Waals surface area contributed by atoms with Crippen molar-refractivity contribution in [3.8, 4) is 0 Å². The molecule has 2 heterocycles. The van der Waals surface area contributed by atoms with Crippen molar-refractivity contribution < 1.29 is 4.79 Å². The molecule has 0 aliphatic carbocycles. The second kappa shape index (κ2) is 4.38. The van der Waals surface area contributed by atoms with E-state index in [4.69, 9.17) is 0 Å². The predicted octanol–water partition coefficient (Wildman–Crippen LogP) is 0.766. The minimum Gasteiger partial charge on any atom is -0.373 e. The number of carbonyl (C=O) groups is 1. The van der Waals surface area contributed by atoms with Crippen LogP contribution in [0.5, 0.6) is 0 Å². The van der Waals surface area contributed by atoms with E-state index in [1.165, 1.54) is 0 Å². The third-order valence-electron chi connectivity index (χ3n) is 2.78. The summed E-state index contributed by atoms with van der Waals surface area (Å²) in [4.78, 5) is 17.6. The molecule has 0 saturated carbocycles. The van der Waals surface area contributed by atoms with Gasteiger partial charge in [0.15, 0.2) is 0 Å². The van der Waals surface area contributed by atoms with Gasteiger partial charge in [-0.25, -0.2) is 4.98 Å². The van der Waals surface area contributed by atoms with Gasteiger partial charge in [-0.3, -0.25) is 4.79 Å². The van der Waals surface area contributed by atoms with Gasteiger partial charge in [0.25, 0.3) is 0 Å². The summed E-state index contributed by atoms with van der Waals surface area (Å²) in [7, 11) is 3.65. The van der Waals surface area contributed by atoms with Gasteiger partial charge in [0, 0.05) is 38.6 Å². The summed E-state index contributed by atoms with van der Waals surface area (Å²) >= 11 is 0. The van der Waals surface area contributed by atoms with Gasteiger partial charge in [-0.05, 0) is 12.5 Å². The first kappa shape index (κ1) is 10.7. The topological polar surface area (TPSA) is 57.3 Å². The Morgan fingerprint density at radius 1 is 1.56 bits per heavy atom. The summed E-state index contributed by atoms with van der Waals surface area (Å²) in [5.74, 6) is 0.951. The third-order valence-corrected chi connectivity index (χ3v) is 2.78. The zero-order valence-corrected chi connectivity index (χ0v) is 9.53. The van der Waals surface area contributed by atoms with Crippen molar-refractivity contribution in [1.82, 2.24) is 9.88 Å². The fourth-order valence-electron chi connectivity index (χ4n) is 1.81. The summed E-state index contributed by atoms with van der Waals surface area (Å²) in [6.07, 6.45) is 2.57. The van der Waals surface area contributed by atoms with E-state index in [0.29, 0.717) is 0 Å². The Balaban J connectivity index is 2.06. The van der Waals surface area contributed by atoms with Crippen molar-refractivity contribution >= 4 is 17.4 Å². The quantitative estimate of drug-likeness (QED) is 0.790. The molecule has 5 heteroatoms. The van der Waals surface area contributed by atoms with Crippen LogP contribution in [0.4, 0.5) is 11.5 Å². The normalized spacial score (nSPS) is 20.0. The fourth-order valence-corrected chi connectivity index (χ4v) is 1.81. The van der Waals surface area contributed by atoms with E-state index < -0.39 is 0 Å². The number of pyridine rings is 1. The minimum atomic E-state index is -0.0999. The summed E-state index contributed by atoms with van der Waals surface area (Å²) in [6.45, 7) is 0.820. The number of hydrogen-bond donors (Lipinski definition) is 2. The highest BCUT2D eigenvalue weighted by Gasteiger charge is 2.28. The number of aromatic nitrogens is 1. The number of anilines is 2. The molecule has 1 aliphatic heterocycles. The standard InChI is InChI=1S/C11H16N4O/c1-12-10-7-8(3-5-13-10)14-9-4-6-15(2)11(9)16/h3,5,7,9H,4,6H2,1-2H3,(H2,12,13,14). The van der Waals surface area contributed by atoms with Crippen molar-refractivity contribution in [1.29, 1.82) is 0 Å². The Kier molecular flexibility index (Phi) is 2.94. The summed E-state index contributed by atoms with van der Waals surface area (Å²) < 4.78 is 0. The van der Waals surface area contributed by atoms with Crippen molar-refractivity contribution in [3.63, 3.8) is 0 Å². The van der Waals surface area contributed by atoms with Gasteiger partial charge in [-0.1, -0.05) is 0 Å². The van der Waals surface area contributed by atoms with Gasteiger partial charge in [-0.2, -0.15) is 0 Å². The van der Waals surface area contributed by atoms with E-state index in [-0.39, 0.29) is 11.9 Å². The highest BCUT2D eigenvalue weighted by Crippen LogP contribution is 2.17. The fraction of sp³-hybridized carbons (Fsp3) is 0.455. The Hall–Kier alpha value is -1.78. The van der Waals surface area contributed by atoms with Crippen LogP contribution in [0.1, 0.15) is 6.42 Å². The first-order chi connectivity index (χ1) is 7.70. The molecule has 1 amide bonds. The molecule has 16 heavy (non-hydrogen) atoms. The summed E-state index contributed by atoms with van der Waals surface area (Å²) in [6, 6.07) is 3.66. The van der Waals surface area contributed by atoms with Crippen LogP contribution in [0.2, 0.25) is 0 Å². The van der Waals surface area contributed by atoms with Gasteiger partial charge in [-0.15, -0.1) is 0 Å². The van der Waals surface area contributed by atoms with Gasteiger partial charge in [0.1, 0.15) is 11.9 Å². The second-order valence-corrected chi connectivity index (χ2v) is 3.93. The van der Waals surface area contributed by atoms with Crippen LogP contribution in [0.3, 0.4) is 0 Å². The molecular formula is C11H16N4O. The Labute approximate surface area is 94.9 Å². The van der Waals surface area contributed by atoms with Crippen LogP contribution in [0.15, 0.2) is 18.3 Å². The lowest BCUT2D eigenvalue weighted by Crippen LogP contribution is -2.30. The zero-order chi connectivity index (χ0) is 11.5. The van der Waals surface area contributed by atoms with E-state index >= 15 is 0 Å². The highest BCUT2D eigenvalue weighted by atomic mass is 16.2. The molecule has 1 atom stereocenters. The molecule has 1 saturated heterocycles. The molecule has 0 aromatic carbocycles.